The second-order valence-corrected chi connectivity index (χ2v) is 4.35. The van der Waals surface area contributed by atoms with E-state index in [2.05, 4.69) is 27.9 Å². The number of phenols is 1. The first-order chi connectivity index (χ1) is 6.60. The normalized spacial score (nSPS) is 12.9. The van der Waals surface area contributed by atoms with E-state index in [1.54, 1.807) is 13.1 Å². The average Bonchev–Trinajstić information content (AvgIpc) is 2.15. The van der Waals surface area contributed by atoms with Crippen molar-refractivity contribution in [2.75, 3.05) is 13.7 Å². The van der Waals surface area contributed by atoms with Crippen LogP contribution < -0.4 is 5.32 Å². The second kappa shape index (κ2) is 4.95. The number of hydrogen-bond acceptors (Lipinski definition) is 3. The summed E-state index contributed by atoms with van der Waals surface area (Å²) in [4.78, 5) is 0. The van der Waals surface area contributed by atoms with Crippen molar-refractivity contribution in [1.82, 2.24) is 5.32 Å². The molecule has 0 spiro atoms. The Labute approximate surface area is 97.3 Å². The highest BCUT2D eigenvalue weighted by Gasteiger charge is 2.13. The summed E-state index contributed by atoms with van der Waals surface area (Å²) in [6.07, 6.45) is 0. The predicted molar refractivity (Wildman–Crippen MR) is 64.4 cm³/mol. The van der Waals surface area contributed by atoms with E-state index in [0.29, 0.717) is 0 Å². The summed E-state index contributed by atoms with van der Waals surface area (Å²) in [5.41, 5.74) is 1.78. The molecule has 0 bridgehead atoms. The Hall–Kier alpha value is -0.330. The van der Waals surface area contributed by atoms with Crippen LogP contribution in [0.25, 0.3) is 0 Å². The molecule has 0 amide bonds. The molecule has 0 saturated heterocycles. The van der Waals surface area contributed by atoms with Crippen molar-refractivity contribution in [3.63, 3.8) is 0 Å². The number of aliphatic hydroxyl groups excluding tert-OH is 1. The standard InChI is InChI=1S/C10H14INO2/c1-6-3-10(14)7(4-8(6)11)9(5-13)12-2/h3-4,9,12-14H,5H2,1-2H3. The molecule has 0 fully saturated rings. The predicted octanol–water partition coefficient (Wildman–Crippen LogP) is 1.56. The van der Waals surface area contributed by atoms with Crippen LogP contribution in [0.5, 0.6) is 5.75 Å². The maximum Gasteiger partial charge on any atom is 0.120 e. The van der Waals surface area contributed by atoms with Crippen LogP contribution in [-0.4, -0.2) is 23.9 Å². The van der Waals surface area contributed by atoms with E-state index in [4.69, 9.17) is 5.11 Å². The van der Waals surface area contributed by atoms with Crippen LogP contribution in [0.15, 0.2) is 12.1 Å². The zero-order valence-corrected chi connectivity index (χ0v) is 10.4. The van der Waals surface area contributed by atoms with Crippen LogP contribution in [-0.2, 0) is 0 Å². The third kappa shape index (κ3) is 2.37. The third-order valence-electron chi connectivity index (χ3n) is 2.21. The highest BCUT2D eigenvalue weighted by molar-refractivity contribution is 14.1. The molecule has 1 aromatic rings. The van der Waals surface area contributed by atoms with E-state index in [0.717, 1.165) is 14.7 Å². The van der Waals surface area contributed by atoms with Gasteiger partial charge in [0.05, 0.1) is 12.6 Å². The monoisotopic (exact) mass is 307 g/mol. The van der Waals surface area contributed by atoms with E-state index >= 15 is 0 Å². The lowest BCUT2D eigenvalue weighted by molar-refractivity contribution is 0.248. The Kier molecular flexibility index (Phi) is 4.15. The van der Waals surface area contributed by atoms with Gasteiger partial charge < -0.3 is 15.5 Å². The molecule has 78 valence electrons. The summed E-state index contributed by atoms with van der Waals surface area (Å²) in [5.74, 6) is 0.233. The molecule has 3 nitrogen and oxygen atoms in total. The SMILES string of the molecule is CNC(CO)c1cc(I)c(C)cc1O. The van der Waals surface area contributed by atoms with Gasteiger partial charge in [-0.3, -0.25) is 0 Å². The van der Waals surface area contributed by atoms with E-state index in [-0.39, 0.29) is 18.4 Å². The molecular weight excluding hydrogens is 293 g/mol. The van der Waals surface area contributed by atoms with Gasteiger partial charge in [-0.1, -0.05) is 0 Å². The van der Waals surface area contributed by atoms with Crippen LogP contribution in [0.2, 0.25) is 0 Å². The van der Waals surface area contributed by atoms with E-state index in [1.807, 2.05) is 13.0 Å². The largest absolute Gasteiger partial charge is 0.508 e. The molecule has 14 heavy (non-hydrogen) atoms. The molecule has 0 heterocycles. The van der Waals surface area contributed by atoms with Crippen molar-refractivity contribution < 1.29 is 10.2 Å². The fraction of sp³-hybridized carbons (Fsp3) is 0.400. The van der Waals surface area contributed by atoms with Crippen molar-refractivity contribution >= 4 is 22.6 Å². The summed E-state index contributed by atoms with van der Waals surface area (Å²) in [7, 11) is 1.76. The molecule has 4 heteroatoms. The Morgan fingerprint density at radius 1 is 1.50 bits per heavy atom. The number of aliphatic hydroxyl groups is 1. The van der Waals surface area contributed by atoms with Crippen molar-refractivity contribution in [3.8, 4) is 5.75 Å². The fourth-order valence-corrected chi connectivity index (χ4v) is 1.80. The van der Waals surface area contributed by atoms with Gasteiger partial charge in [-0.05, 0) is 54.3 Å². The average molecular weight is 307 g/mol. The topological polar surface area (TPSA) is 52.5 Å². The number of likely N-dealkylation sites (N-methyl/N-ethyl adjacent to an activating group) is 1. The molecule has 0 aliphatic rings. The third-order valence-corrected chi connectivity index (χ3v) is 3.38. The quantitative estimate of drug-likeness (QED) is 0.743. The summed E-state index contributed by atoms with van der Waals surface area (Å²) >= 11 is 2.21. The van der Waals surface area contributed by atoms with E-state index in [9.17, 15) is 5.11 Å². The maximum atomic E-state index is 9.69. The molecule has 0 aliphatic heterocycles. The highest BCUT2D eigenvalue weighted by Crippen LogP contribution is 2.28. The van der Waals surface area contributed by atoms with Gasteiger partial charge in [0.1, 0.15) is 5.75 Å². The number of hydrogen-bond donors (Lipinski definition) is 3. The number of nitrogens with one attached hydrogen (secondary N) is 1. The second-order valence-electron chi connectivity index (χ2n) is 3.18. The van der Waals surface area contributed by atoms with Crippen molar-refractivity contribution in [2.45, 2.75) is 13.0 Å². The van der Waals surface area contributed by atoms with Gasteiger partial charge in [-0.2, -0.15) is 0 Å². The lowest BCUT2D eigenvalue weighted by atomic mass is 10.0. The number of halogens is 1. The minimum atomic E-state index is -0.205. The number of benzene rings is 1. The highest BCUT2D eigenvalue weighted by atomic mass is 127. The van der Waals surface area contributed by atoms with Crippen LogP contribution in [0, 0.1) is 10.5 Å². The summed E-state index contributed by atoms with van der Waals surface area (Å²) in [6.45, 7) is 1.92. The molecule has 0 radical (unpaired) electrons. The molecule has 3 N–H and O–H groups in total. The Morgan fingerprint density at radius 2 is 2.14 bits per heavy atom. The molecule has 1 atom stereocenters. The summed E-state index contributed by atoms with van der Waals surface area (Å²) in [6, 6.07) is 3.41. The molecule has 1 unspecified atom stereocenters. The van der Waals surface area contributed by atoms with Crippen LogP contribution >= 0.6 is 22.6 Å². The van der Waals surface area contributed by atoms with Gasteiger partial charge in [0.2, 0.25) is 0 Å². The van der Waals surface area contributed by atoms with Gasteiger partial charge in [0.15, 0.2) is 0 Å². The summed E-state index contributed by atoms with van der Waals surface area (Å²) < 4.78 is 1.09. The van der Waals surface area contributed by atoms with E-state index < -0.39 is 0 Å². The molecule has 0 aliphatic carbocycles. The summed E-state index contributed by atoms with van der Waals surface area (Å²) in [5, 5.41) is 21.7. The minimum absolute atomic E-state index is 0.0246. The molecule has 0 saturated carbocycles. The number of aromatic hydroxyl groups is 1. The fourth-order valence-electron chi connectivity index (χ4n) is 1.31. The number of aryl methyl sites for hydroxylation is 1. The number of rotatable bonds is 3. The van der Waals surface area contributed by atoms with Crippen LogP contribution in [0.1, 0.15) is 17.2 Å². The van der Waals surface area contributed by atoms with Crippen molar-refractivity contribution in [3.05, 3.63) is 26.8 Å². The molecular formula is C10H14INO2. The van der Waals surface area contributed by atoms with Crippen LogP contribution in [0.4, 0.5) is 0 Å². The van der Waals surface area contributed by atoms with Gasteiger partial charge in [-0.15, -0.1) is 0 Å². The van der Waals surface area contributed by atoms with Gasteiger partial charge >= 0.3 is 0 Å². The zero-order valence-electron chi connectivity index (χ0n) is 8.21. The first-order valence-electron chi connectivity index (χ1n) is 4.37. The van der Waals surface area contributed by atoms with Gasteiger partial charge in [-0.25, -0.2) is 0 Å². The van der Waals surface area contributed by atoms with Crippen molar-refractivity contribution in [2.24, 2.45) is 0 Å². The minimum Gasteiger partial charge on any atom is -0.508 e. The lowest BCUT2D eigenvalue weighted by Gasteiger charge is -2.16. The maximum absolute atomic E-state index is 9.69. The Bertz CT molecular complexity index is 324. The molecule has 1 aromatic carbocycles. The Morgan fingerprint density at radius 3 is 2.64 bits per heavy atom. The van der Waals surface area contributed by atoms with Crippen LogP contribution in [0.3, 0.4) is 0 Å². The first kappa shape index (κ1) is 11.7. The van der Waals surface area contributed by atoms with Gasteiger partial charge in [0.25, 0.3) is 0 Å². The van der Waals surface area contributed by atoms with Gasteiger partial charge in [0, 0.05) is 9.13 Å². The lowest BCUT2D eigenvalue weighted by Crippen LogP contribution is -2.20. The Balaban J connectivity index is 3.14. The first-order valence-corrected chi connectivity index (χ1v) is 5.45. The molecule has 0 aromatic heterocycles. The van der Waals surface area contributed by atoms with Crippen molar-refractivity contribution in [1.29, 1.82) is 0 Å². The molecule has 1 rings (SSSR count). The number of phenolic OH excluding ortho intramolecular Hbond substituents is 1. The van der Waals surface area contributed by atoms with E-state index in [1.165, 1.54) is 0 Å². The smallest absolute Gasteiger partial charge is 0.120 e. The zero-order chi connectivity index (χ0) is 10.7.